The van der Waals surface area contributed by atoms with E-state index < -0.39 is 0 Å². The Morgan fingerprint density at radius 3 is 2.45 bits per heavy atom. The number of carbonyl (C=O) groups is 1. The van der Waals surface area contributed by atoms with Crippen molar-refractivity contribution >= 4 is 11.9 Å². The molecule has 0 unspecified atom stereocenters. The van der Waals surface area contributed by atoms with E-state index in [4.69, 9.17) is 4.74 Å². The Hall–Kier alpha value is -1.30. The maximum atomic E-state index is 12.5. The Bertz CT molecular complexity index is 430. The van der Waals surface area contributed by atoms with Gasteiger partial charge in [-0.25, -0.2) is 0 Å². The van der Waals surface area contributed by atoms with Gasteiger partial charge < -0.3 is 19.9 Å². The minimum Gasteiger partial charge on any atom is -0.377 e. The third kappa shape index (κ3) is 4.35. The Balaban J connectivity index is 2.83. The number of hydrogen-bond acceptors (Lipinski definition) is 3. The summed E-state index contributed by atoms with van der Waals surface area (Å²) >= 11 is 0. The average molecular weight is 312 g/mol. The third-order valence-electron chi connectivity index (χ3n) is 4.08. The van der Waals surface area contributed by atoms with Gasteiger partial charge in [-0.2, -0.15) is 0 Å². The van der Waals surface area contributed by atoms with Gasteiger partial charge in [0, 0.05) is 33.3 Å². The first-order chi connectivity index (χ1) is 10.0. The number of ether oxygens (including phenoxy) is 1. The van der Waals surface area contributed by atoms with Crippen molar-refractivity contribution in [3.8, 4) is 0 Å². The second-order valence-corrected chi connectivity index (χ2v) is 7.39. The molecule has 0 radical (unpaired) electrons. The Morgan fingerprint density at radius 2 is 2.05 bits per heavy atom. The molecule has 0 aromatic rings. The van der Waals surface area contributed by atoms with Gasteiger partial charge in [0.15, 0.2) is 5.96 Å². The molecule has 1 aliphatic rings. The highest BCUT2D eigenvalue weighted by Gasteiger charge is 2.40. The molecule has 0 atom stereocenters. The fourth-order valence-corrected chi connectivity index (χ4v) is 3.01. The standard InChI is InChI=1S/C16H32N4O2/c1-12(2)20-13(21)9-19(11-15(20,3)4)14(17-7)18-10-16(5,6)22-8/h12H,9-11H2,1-8H3,(H,17,18). The summed E-state index contributed by atoms with van der Waals surface area (Å²) in [6.07, 6.45) is 0. The molecule has 1 heterocycles. The first-order valence-corrected chi connectivity index (χ1v) is 7.87. The van der Waals surface area contributed by atoms with Crippen molar-refractivity contribution in [1.82, 2.24) is 15.1 Å². The van der Waals surface area contributed by atoms with Gasteiger partial charge >= 0.3 is 0 Å². The van der Waals surface area contributed by atoms with Crippen LogP contribution in [0.25, 0.3) is 0 Å². The van der Waals surface area contributed by atoms with E-state index in [1.165, 1.54) is 0 Å². The molecule has 0 aromatic heterocycles. The number of methoxy groups -OCH3 is 1. The predicted octanol–water partition coefficient (Wildman–Crippen LogP) is 1.32. The van der Waals surface area contributed by atoms with E-state index in [2.05, 4.69) is 38.0 Å². The lowest BCUT2D eigenvalue weighted by molar-refractivity contribution is -0.145. The number of nitrogens with one attached hydrogen (secondary N) is 1. The number of piperazine rings is 1. The van der Waals surface area contributed by atoms with Crippen molar-refractivity contribution in [1.29, 1.82) is 0 Å². The van der Waals surface area contributed by atoms with Gasteiger partial charge in [0.25, 0.3) is 0 Å². The molecule has 1 fully saturated rings. The summed E-state index contributed by atoms with van der Waals surface area (Å²) in [5, 5.41) is 3.31. The molecule has 0 aromatic carbocycles. The molecule has 0 saturated carbocycles. The summed E-state index contributed by atoms with van der Waals surface area (Å²) < 4.78 is 5.42. The second-order valence-electron chi connectivity index (χ2n) is 7.39. The number of guanidine groups is 1. The molecule has 22 heavy (non-hydrogen) atoms. The van der Waals surface area contributed by atoms with Crippen molar-refractivity contribution in [2.24, 2.45) is 4.99 Å². The topological polar surface area (TPSA) is 57.2 Å². The van der Waals surface area contributed by atoms with Crippen LogP contribution >= 0.6 is 0 Å². The van der Waals surface area contributed by atoms with E-state index in [1.807, 2.05) is 23.6 Å². The van der Waals surface area contributed by atoms with E-state index in [0.29, 0.717) is 13.1 Å². The van der Waals surface area contributed by atoms with Crippen molar-refractivity contribution in [3.05, 3.63) is 0 Å². The Labute approximate surface area is 134 Å². The number of amides is 1. The number of aliphatic imine (C=N–C) groups is 1. The molecule has 1 aliphatic heterocycles. The minimum atomic E-state index is -0.283. The van der Waals surface area contributed by atoms with Gasteiger partial charge in [0.1, 0.15) is 0 Å². The Morgan fingerprint density at radius 1 is 1.45 bits per heavy atom. The number of rotatable bonds is 4. The van der Waals surface area contributed by atoms with Crippen LogP contribution in [-0.2, 0) is 9.53 Å². The summed E-state index contributed by atoms with van der Waals surface area (Å²) in [6, 6.07) is 0.201. The fourth-order valence-electron chi connectivity index (χ4n) is 3.01. The maximum absolute atomic E-state index is 12.5. The molecule has 0 aliphatic carbocycles. The summed E-state index contributed by atoms with van der Waals surface area (Å²) in [6.45, 7) is 14.1. The van der Waals surface area contributed by atoms with Crippen LogP contribution in [0, 0.1) is 0 Å². The molecule has 128 valence electrons. The largest absolute Gasteiger partial charge is 0.377 e. The zero-order valence-electron chi connectivity index (χ0n) is 15.4. The van der Waals surface area contributed by atoms with Gasteiger partial charge in [0.2, 0.25) is 5.91 Å². The number of hydrogen-bond donors (Lipinski definition) is 1. The van der Waals surface area contributed by atoms with E-state index in [-0.39, 0.29) is 23.1 Å². The van der Waals surface area contributed by atoms with Crippen LogP contribution in [0.1, 0.15) is 41.5 Å². The predicted molar refractivity (Wildman–Crippen MR) is 90.1 cm³/mol. The van der Waals surface area contributed by atoms with Gasteiger partial charge in [-0.1, -0.05) is 0 Å². The van der Waals surface area contributed by atoms with Crippen LogP contribution in [0.4, 0.5) is 0 Å². The summed E-state index contributed by atoms with van der Waals surface area (Å²) in [7, 11) is 3.44. The average Bonchev–Trinajstić information content (AvgIpc) is 2.36. The lowest BCUT2D eigenvalue weighted by Crippen LogP contribution is -2.66. The van der Waals surface area contributed by atoms with Crippen molar-refractivity contribution in [2.45, 2.75) is 58.7 Å². The molecular weight excluding hydrogens is 280 g/mol. The van der Waals surface area contributed by atoms with E-state index >= 15 is 0 Å². The van der Waals surface area contributed by atoms with E-state index in [1.54, 1.807) is 14.2 Å². The lowest BCUT2D eigenvalue weighted by atomic mass is 9.96. The SMILES string of the molecule is CN=C(NCC(C)(C)OC)N1CC(=O)N(C(C)C)C(C)(C)C1. The normalized spacial score (nSPS) is 19.9. The van der Waals surface area contributed by atoms with E-state index in [9.17, 15) is 4.79 Å². The molecule has 1 amide bonds. The molecule has 1 rings (SSSR count). The van der Waals surface area contributed by atoms with Gasteiger partial charge in [0.05, 0.1) is 17.7 Å². The molecule has 0 spiro atoms. The quantitative estimate of drug-likeness (QED) is 0.628. The summed E-state index contributed by atoms with van der Waals surface area (Å²) in [5.74, 6) is 0.884. The maximum Gasteiger partial charge on any atom is 0.242 e. The minimum absolute atomic E-state index is 0.139. The first kappa shape index (κ1) is 18.7. The lowest BCUT2D eigenvalue weighted by Gasteiger charge is -2.49. The number of carbonyl (C=O) groups excluding carboxylic acids is 1. The van der Waals surface area contributed by atoms with Crippen LogP contribution in [-0.4, -0.2) is 72.6 Å². The smallest absolute Gasteiger partial charge is 0.242 e. The molecule has 1 N–H and O–H groups in total. The molecule has 6 nitrogen and oxygen atoms in total. The highest BCUT2D eigenvalue weighted by Crippen LogP contribution is 2.24. The molecule has 6 heteroatoms. The van der Waals surface area contributed by atoms with Crippen LogP contribution in [0.2, 0.25) is 0 Å². The Kier molecular flexibility index (Phi) is 5.84. The zero-order valence-corrected chi connectivity index (χ0v) is 15.4. The van der Waals surface area contributed by atoms with Gasteiger partial charge in [-0.05, 0) is 41.5 Å². The highest BCUT2D eigenvalue weighted by molar-refractivity contribution is 5.88. The van der Waals surface area contributed by atoms with E-state index in [0.717, 1.165) is 12.5 Å². The number of nitrogens with zero attached hydrogens (tertiary/aromatic N) is 3. The van der Waals surface area contributed by atoms with Crippen LogP contribution in [0.15, 0.2) is 4.99 Å². The molecular formula is C16H32N4O2. The van der Waals surface area contributed by atoms with Crippen molar-refractivity contribution < 1.29 is 9.53 Å². The van der Waals surface area contributed by atoms with Crippen LogP contribution < -0.4 is 5.32 Å². The molecule has 1 saturated heterocycles. The van der Waals surface area contributed by atoms with Crippen molar-refractivity contribution in [2.75, 3.05) is 33.8 Å². The molecule has 0 bridgehead atoms. The fraction of sp³-hybridized carbons (Fsp3) is 0.875. The second kappa shape index (κ2) is 6.86. The summed E-state index contributed by atoms with van der Waals surface area (Å²) in [4.78, 5) is 20.8. The highest BCUT2D eigenvalue weighted by atomic mass is 16.5. The first-order valence-electron chi connectivity index (χ1n) is 7.87. The van der Waals surface area contributed by atoms with Crippen LogP contribution in [0.5, 0.6) is 0 Å². The zero-order chi connectivity index (χ0) is 17.1. The summed E-state index contributed by atoms with van der Waals surface area (Å²) in [5.41, 5.74) is -0.507. The third-order valence-corrected chi connectivity index (χ3v) is 4.08. The van der Waals surface area contributed by atoms with Gasteiger partial charge in [-0.3, -0.25) is 9.79 Å². The van der Waals surface area contributed by atoms with Gasteiger partial charge in [-0.15, -0.1) is 0 Å². The monoisotopic (exact) mass is 312 g/mol. The van der Waals surface area contributed by atoms with Crippen LogP contribution in [0.3, 0.4) is 0 Å². The van der Waals surface area contributed by atoms with Crippen molar-refractivity contribution in [3.63, 3.8) is 0 Å².